The molecule has 104 valence electrons. The predicted octanol–water partition coefficient (Wildman–Crippen LogP) is 1.58. The Morgan fingerprint density at radius 2 is 2.11 bits per heavy atom. The van der Waals surface area contributed by atoms with Crippen LogP contribution < -0.4 is 5.32 Å². The molecule has 0 heterocycles. The third-order valence-corrected chi connectivity index (χ3v) is 2.72. The Kier molecular flexibility index (Phi) is 5.44. The fraction of sp³-hybridized carbons (Fsp3) is 0.462. The molecule has 1 N–H and O–H groups in total. The highest BCUT2D eigenvalue weighted by molar-refractivity contribution is 5.94. The number of hydrogen-bond donors (Lipinski definition) is 1. The molecule has 19 heavy (non-hydrogen) atoms. The standard InChI is InChI=1S/C13H19N3O3/c1-10-9-11(5-6-12(10)16(18)19)13(17)14-7-4-8-15(2)3/h5-6,9H,4,7-8H2,1-3H3,(H,14,17). The second-order valence-electron chi connectivity index (χ2n) is 4.67. The minimum atomic E-state index is -0.450. The van der Waals surface area contributed by atoms with Gasteiger partial charge in [0.2, 0.25) is 0 Å². The molecule has 0 spiro atoms. The third-order valence-electron chi connectivity index (χ3n) is 2.72. The van der Waals surface area contributed by atoms with Gasteiger partial charge in [-0.3, -0.25) is 14.9 Å². The van der Waals surface area contributed by atoms with E-state index in [-0.39, 0.29) is 11.6 Å². The maximum Gasteiger partial charge on any atom is 0.272 e. The highest BCUT2D eigenvalue weighted by Crippen LogP contribution is 2.18. The van der Waals surface area contributed by atoms with Crippen LogP contribution in [0.4, 0.5) is 5.69 Å². The van der Waals surface area contributed by atoms with Crippen LogP contribution >= 0.6 is 0 Å². The van der Waals surface area contributed by atoms with Crippen molar-refractivity contribution >= 4 is 11.6 Å². The average Bonchev–Trinajstić information content (AvgIpc) is 2.33. The van der Waals surface area contributed by atoms with Gasteiger partial charge < -0.3 is 10.2 Å². The summed E-state index contributed by atoms with van der Waals surface area (Å²) in [5.41, 5.74) is 0.975. The van der Waals surface area contributed by atoms with Gasteiger partial charge in [-0.25, -0.2) is 0 Å². The molecule has 0 aromatic heterocycles. The Hall–Kier alpha value is -1.95. The van der Waals surface area contributed by atoms with Crippen molar-refractivity contribution in [1.29, 1.82) is 0 Å². The molecule has 0 bridgehead atoms. The molecule has 0 fully saturated rings. The van der Waals surface area contributed by atoms with Crippen LogP contribution in [0.1, 0.15) is 22.3 Å². The lowest BCUT2D eigenvalue weighted by Gasteiger charge is -2.10. The highest BCUT2D eigenvalue weighted by Gasteiger charge is 2.13. The van der Waals surface area contributed by atoms with Gasteiger partial charge in [-0.05, 0) is 46.1 Å². The van der Waals surface area contributed by atoms with Crippen LogP contribution in [0.3, 0.4) is 0 Å². The molecule has 6 heteroatoms. The molecule has 1 rings (SSSR count). The first-order valence-corrected chi connectivity index (χ1v) is 6.10. The first-order chi connectivity index (χ1) is 8.91. The molecular weight excluding hydrogens is 246 g/mol. The monoisotopic (exact) mass is 265 g/mol. The molecule has 0 unspecified atom stereocenters. The Bertz CT molecular complexity index is 472. The number of rotatable bonds is 6. The summed E-state index contributed by atoms with van der Waals surface area (Å²) in [6.45, 7) is 3.12. The zero-order valence-electron chi connectivity index (χ0n) is 11.5. The van der Waals surface area contributed by atoms with Gasteiger partial charge in [-0.1, -0.05) is 0 Å². The van der Waals surface area contributed by atoms with Crippen molar-refractivity contribution in [2.75, 3.05) is 27.2 Å². The van der Waals surface area contributed by atoms with Crippen LogP contribution in [-0.4, -0.2) is 42.9 Å². The van der Waals surface area contributed by atoms with Gasteiger partial charge in [-0.15, -0.1) is 0 Å². The maximum absolute atomic E-state index is 11.8. The molecule has 1 aromatic carbocycles. The molecule has 0 aliphatic heterocycles. The van der Waals surface area contributed by atoms with E-state index in [1.807, 2.05) is 19.0 Å². The molecule has 0 atom stereocenters. The van der Waals surface area contributed by atoms with Gasteiger partial charge in [0.05, 0.1) is 4.92 Å². The van der Waals surface area contributed by atoms with Crippen LogP contribution in [0.15, 0.2) is 18.2 Å². The molecule has 0 saturated heterocycles. The lowest BCUT2D eigenvalue weighted by molar-refractivity contribution is -0.385. The number of benzene rings is 1. The first-order valence-electron chi connectivity index (χ1n) is 6.10. The van der Waals surface area contributed by atoms with Crippen LogP contribution in [0, 0.1) is 17.0 Å². The van der Waals surface area contributed by atoms with E-state index < -0.39 is 4.92 Å². The van der Waals surface area contributed by atoms with Crippen molar-refractivity contribution in [2.24, 2.45) is 0 Å². The fourth-order valence-corrected chi connectivity index (χ4v) is 1.70. The first kappa shape index (κ1) is 15.1. The van der Waals surface area contributed by atoms with Crippen LogP contribution in [0.2, 0.25) is 0 Å². The Balaban J connectivity index is 2.58. The number of nitro groups is 1. The zero-order chi connectivity index (χ0) is 14.4. The minimum Gasteiger partial charge on any atom is -0.352 e. The van der Waals surface area contributed by atoms with E-state index in [1.165, 1.54) is 12.1 Å². The smallest absolute Gasteiger partial charge is 0.272 e. The lowest BCUT2D eigenvalue weighted by atomic mass is 10.1. The number of nitrogens with zero attached hydrogens (tertiary/aromatic N) is 2. The Morgan fingerprint density at radius 3 is 2.63 bits per heavy atom. The van der Waals surface area contributed by atoms with Crippen LogP contribution in [-0.2, 0) is 0 Å². The summed E-state index contributed by atoms with van der Waals surface area (Å²) in [4.78, 5) is 24.1. The van der Waals surface area contributed by atoms with E-state index in [0.717, 1.165) is 13.0 Å². The third kappa shape index (κ3) is 4.67. The van der Waals surface area contributed by atoms with Gasteiger partial charge in [-0.2, -0.15) is 0 Å². The molecule has 0 aliphatic rings. The number of hydrogen-bond acceptors (Lipinski definition) is 4. The summed E-state index contributed by atoms with van der Waals surface area (Å²) in [5.74, 6) is -0.197. The quantitative estimate of drug-likeness (QED) is 0.481. The van der Waals surface area contributed by atoms with E-state index in [2.05, 4.69) is 5.32 Å². The Morgan fingerprint density at radius 1 is 1.42 bits per heavy atom. The zero-order valence-corrected chi connectivity index (χ0v) is 11.5. The van der Waals surface area contributed by atoms with Crippen molar-refractivity contribution in [3.63, 3.8) is 0 Å². The molecule has 0 radical (unpaired) electrons. The van der Waals surface area contributed by atoms with E-state index >= 15 is 0 Å². The summed E-state index contributed by atoms with van der Waals surface area (Å²) in [7, 11) is 3.95. The number of carbonyl (C=O) groups is 1. The van der Waals surface area contributed by atoms with E-state index in [0.29, 0.717) is 17.7 Å². The van der Waals surface area contributed by atoms with Crippen molar-refractivity contribution in [2.45, 2.75) is 13.3 Å². The van der Waals surface area contributed by atoms with Crippen LogP contribution in [0.5, 0.6) is 0 Å². The lowest BCUT2D eigenvalue weighted by Crippen LogP contribution is -2.27. The maximum atomic E-state index is 11.8. The highest BCUT2D eigenvalue weighted by atomic mass is 16.6. The van der Waals surface area contributed by atoms with E-state index in [9.17, 15) is 14.9 Å². The van der Waals surface area contributed by atoms with Gasteiger partial charge in [0, 0.05) is 23.7 Å². The summed E-state index contributed by atoms with van der Waals surface area (Å²) >= 11 is 0. The summed E-state index contributed by atoms with van der Waals surface area (Å²) < 4.78 is 0. The summed E-state index contributed by atoms with van der Waals surface area (Å²) in [6.07, 6.45) is 0.866. The van der Waals surface area contributed by atoms with Crippen LogP contribution in [0.25, 0.3) is 0 Å². The topological polar surface area (TPSA) is 75.5 Å². The van der Waals surface area contributed by atoms with Gasteiger partial charge >= 0.3 is 0 Å². The van der Waals surface area contributed by atoms with Gasteiger partial charge in [0.25, 0.3) is 11.6 Å². The van der Waals surface area contributed by atoms with Crippen molar-refractivity contribution < 1.29 is 9.72 Å². The molecule has 1 aromatic rings. The summed E-state index contributed by atoms with van der Waals surface area (Å²) in [6, 6.07) is 4.38. The molecule has 0 aliphatic carbocycles. The SMILES string of the molecule is Cc1cc(C(=O)NCCCN(C)C)ccc1[N+](=O)[O-]. The van der Waals surface area contributed by atoms with E-state index in [4.69, 9.17) is 0 Å². The summed E-state index contributed by atoms with van der Waals surface area (Å²) in [5, 5.41) is 13.5. The fourth-order valence-electron chi connectivity index (χ4n) is 1.70. The predicted molar refractivity (Wildman–Crippen MR) is 73.3 cm³/mol. The van der Waals surface area contributed by atoms with Gasteiger partial charge in [0.1, 0.15) is 0 Å². The molecule has 0 saturated carbocycles. The number of carbonyl (C=O) groups excluding carboxylic acids is 1. The molecule has 1 amide bonds. The number of amides is 1. The Labute approximate surface area is 112 Å². The largest absolute Gasteiger partial charge is 0.352 e. The van der Waals surface area contributed by atoms with Crippen molar-refractivity contribution in [3.8, 4) is 0 Å². The molecule has 6 nitrogen and oxygen atoms in total. The second kappa shape index (κ2) is 6.84. The van der Waals surface area contributed by atoms with Crippen molar-refractivity contribution in [1.82, 2.24) is 10.2 Å². The minimum absolute atomic E-state index is 0.0316. The van der Waals surface area contributed by atoms with Gasteiger partial charge in [0.15, 0.2) is 0 Å². The number of nitrogens with one attached hydrogen (secondary N) is 1. The number of aryl methyl sites for hydroxylation is 1. The van der Waals surface area contributed by atoms with Crippen molar-refractivity contribution in [3.05, 3.63) is 39.4 Å². The number of nitro benzene ring substituents is 1. The second-order valence-corrected chi connectivity index (χ2v) is 4.67. The average molecular weight is 265 g/mol. The normalized spacial score (nSPS) is 10.5. The van der Waals surface area contributed by atoms with E-state index in [1.54, 1.807) is 13.0 Å². The molecular formula is C13H19N3O3.